The second-order valence-electron chi connectivity index (χ2n) is 7.02. The van der Waals surface area contributed by atoms with Crippen LogP contribution in [0.25, 0.3) is 10.9 Å². The summed E-state index contributed by atoms with van der Waals surface area (Å²) in [6, 6.07) is 15.7. The van der Waals surface area contributed by atoms with Gasteiger partial charge in [-0.05, 0) is 49.7 Å². The van der Waals surface area contributed by atoms with Gasteiger partial charge in [0.05, 0.1) is 15.6 Å². The molecule has 140 valence electrons. The van der Waals surface area contributed by atoms with Gasteiger partial charge in [-0.15, -0.1) is 0 Å². The van der Waals surface area contributed by atoms with E-state index >= 15 is 0 Å². The monoisotopic (exact) mass is 401 g/mol. The van der Waals surface area contributed by atoms with Gasteiger partial charge in [0.15, 0.2) is 0 Å². The number of H-pyrrole nitrogens is 1. The lowest BCUT2D eigenvalue weighted by Gasteiger charge is -2.45. The SMILES string of the molecule is CN(C(=O)c1cc2c(Cl)c(Cl)ccc2[nH]1)C1(c2ccccc2)CCNCC1. The fraction of sp³-hybridized carbons (Fsp3) is 0.286. The van der Waals surface area contributed by atoms with Crippen molar-refractivity contribution >= 4 is 40.0 Å². The van der Waals surface area contributed by atoms with Crippen molar-refractivity contribution in [1.29, 1.82) is 0 Å². The first-order valence-corrected chi connectivity index (χ1v) is 9.80. The maximum Gasteiger partial charge on any atom is 0.270 e. The molecule has 0 spiro atoms. The minimum absolute atomic E-state index is 0.0517. The van der Waals surface area contributed by atoms with Crippen molar-refractivity contribution in [3.05, 3.63) is 69.8 Å². The molecule has 4 rings (SSSR count). The number of rotatable bonds is 3. The fourth-order valence-corrected chi connectivity index (χ4v) is 4.42. The molecular formula is C21H21Cl2N3O. The zero-order chi connectivity index (χ0) is 19.0. The van der Waals surface area contributed by atoms with Crippen LogP contribution in [-0.2, 0) is 5.54 Å². The Morgan fingerprint density at radius 2 is 1.78 bits per heavy atom. The van der Waals surface area contributed by atoms with Gasteiger partial charge >= 0.3 is 0 Å². The lowest BCUT2D eigenvalue weighted by molar-refractivity contribution is 0.0447. The van der Waals surface area contributed by atoms with E-state index in [2.05, 4.69) is 22.4 Å². The number of fused-ring (bicyclic) bond motifs is 1. The molecule has 0 radical (unpaired) electrons. The maximum atomic E-state index is 13.4. The molecule has 3 aromatic rings. The molecule has 0 saturated carbocycles. The highest BCUT2D eigenvalue weighted by molar-refractivity contribution is 6.45. The number of amides is 1. The van der Waals surface area contributed by atoms with E-state index in [-0.39, 0.29) is 11.4 Å². The Kier molecular flexibility index (Phi) is 4.89. The molecule has 1 fully saturated rings. The van der Waals surface area contributed by atoms with Crippen molar-refractivity contribution in [3.63, 3.8) is 0 Å². The minimum Gasteiger partial charge on any atom is -0.350 e. The van der Waals surface area contributed by atoms with Gasteiger partial charge < -0.3 is 15.2 Å². The minimum atomic E-state index is -0.331. The number of piperidine rings is 1. The molecule has 1 amide bonds. The van der Waals surface area contributed by atoms with E-state index in [1.54, 1.807) is 12.1 Å². The van der Waals surface area contributed by atoms with Crippen molar-refractivity contribution in [2.45, 2.75) is 18.4 Å². The van der Waals surface area contributed by atoms with E-state index < -0.39 is 0 Å². The number of nitrogens with zero attached hydrogens (tertiary/aromatic N) is 1. The maximum absolute atomic E-state index is 13.4. The molecule has 0 atom stereocenters. The van der Waals surface area contributed by atoms with Crippen LogP contribution in [0.1, 0.15) is 28.9 Å². The van der Waals surface area contributed by atoms with Crippen molar-refractivity contribution < 1.29 is 4.79 Å². The molecule has 4 nitrogen and oxygen atoms in total. The number of nitrogens with one attached hydrogen (secondary N) is 2. The van der Waals surface area contributed by atoms with Gasteiger partial charge in [0.25, 0.3) is 5.91 Å². The van der Waals surface area contributed by atoms with E-state index in [0.717, 1.165) is 36.8 Å². The van der Waals surface area contributed by atoms with Gasteiger partial charge in [0.1, 0.15) is 5.69 Å². The predicted octanol–water partition coefficient (Wildman–Crippen LogP) is 4.83. The van der Waals surface area contributed by atoms with Gasteiger partial charge in [0.2, 0.25) is 0 Å². The largest absolute Gasteiger partial charge is 0.350 e. The molecule has 1 saturated heterocycles. The topological polar surface area (TPSA) is 48.1 Å². The number of carbonyl (C=O) groups excluding carboxylic acids is 1. The normalized spacial score (nSPS) is 16.4. The molecule has 27 heavy (non-hydrogen) atoms. The lowest BCUT2D eigenvalue weighted by atomic mass is 9.80. The highest BCUT2D eigenvalue weighted by atomic mass is 35.5. The first-order valence-electron chi connectivity index (χ1n) is 9.04. The average Bonchev–Trinajstić information content (AvgIpc) is 3.16. The van der Waals surface area contributed by atoms with E-state index in [1.807, 2.05) is 36.2 Å². The molecule has 1 aromatic heterocycles. The molecule has 0 unspecified atom stereocenters. The van der Waals surface area contributed by atoms with E-state index in [9.17, 15) is 4.79 Å². The number of benzene rings is 2. The van der Waals surface area contributed by atoms with Crippen molar-refractivity contribution in [1.82, 2.24) is 15.2 Å². The molecule has 1 aliphatic rings. The quantitative estimate of drug-likeness (QED) is 0.660. The summed E-state index contributed by atoms with van der Waals surface area (Å²) in [4.78, 5) is 18.5. The Balaban J connectivity index is 1.74. The number of hydrogen-bond donors (Lipinski definition) is 2. The third-order valence-electron chi connectivity index (χ3n) is 5.61. The second-order valence-corrected chi connectivity index (χ2v) is 7.80. The molecule has 2 N–H and O–H groups in total. The van der Waals surface area contributed by atoms with Gasteiger partial charge in [-0.3, -0.25) is 4.79 Å². The Labute approximate surface area is 168 Å². The molecule has 6 heteroatoms. The smallest absolute Gasteiger partial charge is 0.270 e. The molecule has 2 heterocycles. The summed E-state index contributed by atoms with van der Waals surface area (Å²) in [6.45, 7) is 1.75. The van der Waals surface area contributed by atoms with Gasteiger partial charge in [0, 0.05) is 18.0 Å². The number of aromatic nitrogens is 1. The first-order chi connectivity index (χ1) is 13.0. The Morgan fingerprint density at radius 3 is 2.48 bits per heavy atom. The van der Waals surface area contributed by atoms with E-state index in [1.165, 1.54) is 5.56 Å². The summed E-state index contributed by atoms with van der Waals surface area (Å²) < 4.78 is 0. The van der Waals surface area contributed by atoms with E-state index in [0.29, 0.717) is 15.7 Å². The van der Waals surface area contributed by atoms with Gasteiger partial charge in [-0.25, -0.2) is 0 Å². The van der Waals surface area contributed by atoms with Crippen molar-refractivity contribution in [2.24, 2.45) is 0 Å². The summed E-state index contributed by atoms with van der Waals surface area (Å²) in [5.74, 6) is -0.0517. The molecule has 0 bridgehead atoms. The summed E-state index contributed by atoms with van der Waals surface area (Å²) in [7, 11) is 1.89. The zero-order valence-electron chi connectivity index (χ0n) is 15.1. The number of halogens is 2. The Hall–Kier alpha value is -2.01. The third kappa shape index (κ3) is 3.12. The second kappa shape index (κ2) is 7.19. The van der Waals surface area contributed by atoms with Crippen LogP contribution in [0, 0.1) is 0 Å². The Morgan fingerprint density at radius 1 is 1.07 bits per heavy atom. The summed E-state index contributed by atoms with van der Waals surface area (Å²) in [6.07, 6.45) is 1.73. The molecule has 1 aliphatic heterocycles. The Bertz CT molecular complexity index is 978. The van der Waals surface area contributed by atoms with Crippen molar-refractivity contribution in [3.8, 4) is 0 Å². The molecule has 2 aromatic carbocycles. The first kappa shape index (κ1) is 18.4. The summed E-state index contributed by atoms with van der Waals surface area (Å²) >= 11 is 12.4. The van der Waals surface area contributed by atoms with Crippen LogP contribution in [0.3, 0.4) is 0 Å². The van der Waals surface area contributed by atoms with Crippen LogP contribution >= 0.6 is 23.2 Å². The lowest BCUT2D eigenvalue weighted by Crippen LogP contribution is -2.53. The van der Waals surface area contributed by atoms with Crippen LogP contribution in [0.2, 0.25) is 10.0 Å². The van der Waals surface area contributed by atoms with Crippen LogP contribution < -0.4 is 5.32 Å². The fourth-order valence-electron chi connectivity index (χ4n) is 4.04. The zero-order valence-corrected chi connectivity index (χ0v) is 16.6. The average molecular weight is 402 g/mol. The van der Waals surface area contributed by atoms with E-state index in [4.69, 9.17) is 23.2 Å². The van der Waals surface area contributed by atoms with Crippen LogP contribution in [0.15, 0.2) is 48.5 Å². The van der Waals surface area contributed by atoms with Crippen LogP contribution in [0.4, 0.5) is 0 Å². The van der Waals surface area contributed by atoms with Gasteiger partial charge in [-0.2, -0.15) is 0 Å². The highest BCUT2D eigenvalue weighted by Crippen LogP contribution is 2.38. The van der Waals surface area contributed by atoms with Gasteiger partial charge in [-0.1, -0.05) is 53.5 Å². The molecule has 0 aliphatic carbocycles. The third-order valence-corrected chi connectivity index (χ3v) is 6.43. The van der Waals surface area contributed by atoms with Crippen LogP contribution in [0.5, 0.6) is 0 Å². The van der Waals surface area contributed by atoms with Crippen molar-refractivity contribution in [2.75, 3.05) is 20.1 Å². The summed E-state index contributed by atoms with van der Waals surface area (Å²) in [5.41, 5.74) is 2.16. The number of hydrogen-bond acceptors (Lipinski definition) is 2. The molecular weight excluding hydrogens is 381 g/mol. The number of carbonyl (C=O) groups is 1. The summed E-state index contributed by atoms with van der Waals surface area (Å²) in [5, 5.41) is 5.11. The predicted molar refractivity (Wildman–Crippen MR) is 111 cm³/mol. The number of aromatic amines is 1. The van der Waals surface area contributed by atoms with Crippen LogP contribution in [-0.4, -0.2) is 35.9 Å². The highest BCUT2D eigenvalue weighted by Gasteiger charge is 2.40. The standard InChI is InChI=1S/C21H21Cl2N3O/c1-26(21(9-11-24-12-10-21)14-5-3-2-4-6-14)20(27)18-13-15-17(25-18)8-7-16(22)19(15)23/h2-8,13,24-25H,9-12H2,1H3.